The third-order valence-corrected chi connectivity index (χ3v) is 4.91. The van der Waals surface area contributed by atoms with E-state index < -0.39 is 18.1 Å². The van der Waals surface area contributed by atoms with Gasteiger partial charge in [0.05, 0.1) is 13.0 Å². The molecule has 0 aliphatic heterocycles. The molecular formula is C25H24F3NO4. The Labute approximate surface area is 189 Å². The van der Waals surface area contributed by atoms with Crippen molar-refractivity contribution in [3.05, 3.63) is 77.9 Å². The Morgan fingerprint density at radius 3 is 2.36 bits per heavy atom. The number of halogens is 3. The van der Waals surface area contributed by atoms with Crippen LogP contribution in [0, 0.1) is 0 Å². The molecule has 0 bridgehead atoms. The zero-order valence-corrected chi connectivity index (χ0v) is 17.9. The molecule has 0 aliphatic carbocycles. The van der Waals surface area contributed by atoms with Gasteiger partial charge in [0, 0.05) is 13.0 Å². The van der Waals surface area contributed by atoms with Gasteiger partial charge in [-0.3, -0.25) is 4.79 Å². The second-order valence-electron chi connectivity index (χ2n) is 7.44. The SMILES string of the molecule is O=C(CCNCCc1cccc(OCCc2ccc3ccccc3c2)c1)OC(=O)C(F)(F)F. The summed E-state index contributed by atoms with van der Waals surface area (Å²) in [7, 11) is 0. The maximum Gasteiger partial charge on any atom is 0.491 e. The summed E-state index contributed by atoms with van der Waals surface area (Å²) in [5, 5.41) is 5.34. The Hall–Kier alpha value is -3.39. The van der Waals surface area contributed by atoms with Gasteiger partial charge in [0.2, 0.25) is 0 Å². The molecular weight excluding hydrogens is 435 g/mol. The summed E-state index contributed by atoms with van der Waals surface area (Å²) in [5.41, 5.74) is 2.21. The minimum atomic E-state index is -5.17. The molecule has 8 heteroatoms. The Morgan fingerprint density at radius 1 is 0.818 bits per heavy atom. The van der Waals surface area contributed by atoms with E-state index in [4.69, 9.17) is 4.74 Å². The molecule has 0 amide bonds. The maximum absolute atomic E-state index is 12.0. The van der Waals surface area contributed by atoms with Crippen LogP contribution in [0.25, 0.3) is 10.8 Å². The average molecular weight is 459 g/mol. The van der Waals surface area contributed by atoms with Crippen LogP contribution >= 0.6 is 0 Å². The summed E-state index contributed by atoms with van der Waals surface area (Å²) >= 11 is 0. The van der Waals surface area contributed by atoms with Gasteiger partial charge < -0.3 is 14.8 Å². The molecule has 0 fully saturated rings. The molecule has 0 unspecified atom stereocenters. The number of carbonyl (C=O) groups is 2. The number of fused-ring (bicyclic) bond motifs is 1. The summed E-state index contributed by atoms with van der Waals surface area (Å²) in [6.45, 7) is 1.14. The molecule has 0 heterocycles. The molecule has 3 aromatic rings. The second kappa shape index (κ2) is 11.5. The summed E-state index contributed by atoms with van der Waals surface area (Å²) in [5.74, 6) is -2.96. The molecule has 0 aliphatic rings. The molecule has 0 aromatic heterocycles. The highest BCUT2D eigenvalue weighted by molar-refractivity contribution is 5.88. The zero-order chi connectivity index (χ0) is 23.7. The predicted octanol–water partition coefficient (Wildman–Crippen LogP) is 4.62. The van der Waals surface area contributed by atoms with Crippen LogP contribution in [-0.2, 0) is 27.2 Å². The molecule has 0 saturated carbocycles. The van der Waals surface area contributed by atoms with Crippen LogP contribution in [0.15, 0.2) is 66.7 Å². The summed E-state index contributed by atoms with van der Waals surface area (Å²) in [4.78, 5) is 21.8. The number of esters is 2. The van der Waals surface area contributed by atoms with Crippen molar-refractivity contribution in [3.63, 3.8) is 0 Å². The smallest absolute Gasteiger partial charge is 0.491 e. The monoisotopic (exact) mass is 459 g/mol. The van der Waals surface area contributed by atoms with Crippen LogP contribution in [-0.4, -0.2) is 37.8 Å². The fraction of sp³-hybridized carbons (Fsp3) is 0.280. The van der Waals surface area contributed by atoms with Crippen molar-refractivity contribution < 1.29 is 32.2 Å². The van der Waals surface area contributed by atoms with Gasteiger partial charge in [0.15, 0.2) is 0 Å². The van der Waals surface area contributed by atoms with Gasteiger partial charge in [-0.25, -0.2) is 4.79 Å². The number of alkyl halides is 3. The number of benzene rings is 3. The normalized spacial score (nSPS) is 11.4. The molecule has 3 rings (SSSR count). The maximum atomic E-state index is 12.0. The Bertz CT molecular complexity index is 1100. The first-order chi connectivity index (χ1) is 15.8. The van der Waals surface area contributed by atoms with Crippen LogP contribution < -0.4 is 10.1 Å². The van der Waals surface area contributed by atoms with Gasteiger partial charge >= 0.3 is 18.1 Å². The number of carbonyl (C=O) groups excluding carboxylic acids is 2. The lowest BCUT2D eigenvalue weighted by atomic mass is 10.1. The lowest BCUT2D eigenvalue weighted by Gasteiger charge is -2.10. The van der Waals surface area contributed by atoms with Crippen molar-refractivity contribution in [1.29, 1.82) is 0 Å². The topological polar surface area (TPSA) is 64.6 Å². The molecule has 33 heavy (non-hydrogen) atoms. The van der Waals surface area contributed by atoms with E-state index in [0.29, 0.717) is 19.6 Å². The molecule has 3 aromatic carbocycles. The average Bonchev–Trinajstić information content (AvgIpc) is 2.78. The molecule has 5 nitrogen and oxygen atoms in total. The van der Waals surface area contributed by atoms with Crippen LogP contribution in [0.5, 0.6) is 5.75 Å². The third kappa shape index (κ3) is 7.91. The van der Waals surface area contributed by atoms with Gasteiger partial charge in [-0.1, -0.05) is 54.6 Å². The first kappa shape index (κ1) is 24.3. The van der Waals surface area contributed by atoms with E-state index in [2.05, 4.69) is 40.4 Å². The fourth-order valence-corrected chi connectivity index (χ4v) is 3.23. The zero-order valence-electron chi connectivity index (χ0n) is 17.9. The molecule has 0 spiro atoms. The van der Waals surface area contributed by atoms with Crippen molar-refractivity contribution in [1.82, 2.24) is 5.32 Å². The van der Waals surface area contributed by atoms with E-state index in [1.807, 2.05) is 36.4 Å². The fourth-order valence-electron chi connectivity index (χ4n) is 3.23. The van der Waals surface area contributed by atoms with Crippen molar-refractivity contribution >= 4 is 22.7 Å². The summed E-state index contributed by atoms with van der Waals surface area (Å²) in [6.07, 6.45) is -4.09. The first-order valence-electron chi connectivity index (χ1n) is 10.5. The molecule has 1 N–H and O–H groups in total. The molecule has 0 radical (unpaired) electrons. The largest absolute Gasteiger partial charge is 0.493 e. The van der Waals surface area contributed by atoms with E-state index in [1.165, 1.54) is 16.3 Å². The van der Waals surface area contributed by atoms with E-state index in [-0.39, 0.29) is 13.0 Å². The quantitative estimate of drug-likeness (QED) is 0.272. The van der Waals surface area contributed by atoms with Crippen LogP contribution in [0.2, 0.25) is 0 Å². The van der Waals surface area contributed by atoms with Crippen LogP contribution in [0.3, 0.4) is 0 Å². The highest BCUT2D eigenvalue weighted by Crippen LogP contribution is 2.18. The van der Waals surface area contributed by atoms with E-state index in [1.54, 1.807) is 0 Å². The molecule has 174 valence electrons. The van der Waals surface area contributed by atoms with Crippen LogP contribution in [0.1, 0.15) is 17.5 Å². The molecule has 0 atom stereocenters. The van der Waals surface area contributed by atoms with Crippen LogP contribution in [0.4, 0.5) is 13.2 Å². The highest BCUT2D eigenvalue weighted by atomic mass is 19.4. The number of nitrogens with one attached hydrogen (secondary N) is 1. The number of hydrogen-bond acceptors (Lipinski definition) is 5. The predicted molar refractivity (Wildman–Crippen MR) is 118 cm³/mol. The van der Waals surface area contributed by atoms with E-state index in [0.717, 1.165) is 17.7 Å². The van der Waals surface area contributed by atoms with Gasteiger partial charge in [0.25, 0.3) is 0 Å². The lowest BCUT2D eigenvalue weighted by molar-refractivity contribution is -0.201. The van der Waals surface area contributed by atoms with Crippen molar-refractivity contribution in [2.24, 2.45) is 0 Å². The summed E-state index contributed by atoms with van der Waals surface area (Å²) in [6, 6.07) is 22.2. The Balaban J connectivity index is 1.36. The summed E-state index contributed by atoms with van der Waals surface area (Å²) < 4.78 is 45.7. The third-order valence-electron chi connectivity index (χ3n) is 4.91. The number of hydrogen-bond donors (Lipinski definition) is 1. The first-order valence-corrected chi connectivity index (χ1v) is 10.5. The van der Waals surface area contributed by atoms with E-state index >= 15 is 0 Å². The van der Waals surface area contributed by atoms with Gasteiger partial charge in [0.1, 0.15) is 5.75 Å². The number of rotatable bonds is 10. The number of ether oxygens (including phenoxy) is 2. The van der Waals surface area contributed by atoms with Gasteiger partial charge in [-0.05, 0) is 47.0 Å². The van der Waals surface area contributed by atoms with Crippen molar-refractivity contribution in [2.75, 3.05) is 19.7 Å². The Kier molecular flexibility index (Phi) is 8.43. The van der Waals surface area contributed by atoms with Crippen molar-refractivity contribution in [3.8, 4) is 5.75 Å². The van der Waals surface area contributed by atoms with Gasteiger partial charge in [-0.15, -0.1) is 0 Å². The molecule has 0 saturated heterocycles. The minimum absolute atomic E-state index is 0.103. The van der Waals surface area contributed by atoms with Crippen molar-refractivity contribution in [2.45, 2.75) is 25.4 Å². The standard InChI is InChI=1S/C25H24F3NO4/c26-25(27,28)24(31)33-23(30)11-14-29-13-10-18-4-3-7-22(17-18)32-15-12-19-8-9-20-5-1-2-6-21(20)16-19/h1-9,16-17,29H,10-15H2. The second-order valence-corrected chi connectivity index (χ2v) is 7.44. The Morgan fingerprint density at radius 2 is 1.58 bits per heavy atom. The minimum Gasteiger partial charge on any atom is -0.493 e. The van der Waals surface area contributed by atoms with Gasteiger partial charge in [-0.2, -0.15) is 13.2 Å². The van der Waals surface area contributed by atoms with E-state index in [9.17, 15) is 22.8 Å². The highest BCUT2D eigenvalue weighted by Gasteiger charge is 2.42. The lowest BCUT2D eigenvalue weighted by Crippen LogP contribution is -2.29.